The number of carbonyl (C=O) groups is 1. The van der Waals surface area contributed by atoms with E-state index in [1.165, 1.54) is 43.1 Å². The zero-order valence-corrected chi connectivity index (χ0v) is 12.6. The molecule has 106 valence electrons. The van der Waals surface area contributed by atoms with Gasteiger partial charge in [0.15, 0.2) is 5.78 Å². The Kier molecular flexibility index (Phi) is 5.34. The van der Waals surface area contributed by atoms with Gasteiger partial charge in [-0.3, -0.25) is 4.79 Å². The highest BCUT2D eigenvalue weighted by Crippen LogP contribution is 2.22. The third kappa shape index (κ3) is 3.69. The van der Waals surface area contributed by atoms with Crippen LogP contribution in [-0.2, 0) is 6.42 Å². The van der Waals surface area contributed by atoms with E-state index in [-0.39, 0.29) is 5.78 Å². The average Bonchev–Trinajstić information content (AvgIpc) is 2.46. The number of ketones is 1. The fourth-order valence-electron chi connectivity index (χ4n) is 2.74. The highest BCUT2D eigenvalue weighted by molar-refractivity contribution is 6.00. The first kappa shape index (κ1) is 14.8. The summed E-state index contributed by atoms with van der Waals surface area (Å²) < 4.78 is 0. The van der Waals surface area contributed by atoms with Gasteiger partial charge < -0.3 is 0 Å². The minimum atomic E-state index is 0.180. The molecule has 0 aliphatic heterocycles. The smallest absolute Gasteiger partial charge is 0.160 e. The lowest BCUT2D eigenvalue weighted by Crippen LogP contribution is -2.00. The Balaban J connectivity index is 2.17. The van der Waals surface area contributed by atoms with E-state index >= 15 is 0 Å². The van der Waals surface area contributed by atoms with Gasteiger partial charge in [0.1, 0.15) is 0 Å². The molecule has 0 bridgehead atoms. The van der Waals surface area contributed by atoms with E-state index in [9.17, 15) is 4.79 Å². The molecule has 0 saturated heterocycles. The van der Waals surface area contributed by atoms with E-state index in [1.807, 2.05) is 6.07 Å². The first-order valence-electron chi connectivity index (χ1n) is 7.75. The second-order valence-corrected chi connectivity index (χ2v) is 5.58. The van der Waals surface area contributed by atoms with Gasteiger partial charge in [-0.1, -0.05) is 62.9 Å². The maximum atomic E-state index is 11.8. The SMILES string of the molecule is CCCCCCCc1cc2ccccc2cc1C(C)=O. The lowest BCUT2D eigenvalue weighted by Gasteiger charge is -2.09. The Morgan fingerprint density at radius 1 is 0.950 bits per heavy atom. The van der Waals surface area contributed by atoms with Gasteiger partial charge in [0.2, 0.25) is 0 Å². The van der Waals surface area contributed by atoms with Crippen LogP contribution in [0.25, 0.3) is 10.8 Å². The van der Waals surface area contributed by atoms with Crippen molar-refractivity contribution in [3.63, 3.8) is 0 Å². The first-order valence-corrected chi connectivity index (χ1v) is 7.75. The van der Waals surface area contributed by atoms with E-state index in [0.29, 0.717) is 0 Å². The zero-order valence-electron chi connectivity index (χ0n) is 12.6. The molecule has 20 heavy (non-hydrogen) atoms. The molecule has 0 aromatic heterocycles. The zero-order chi connectivity index (χ0) is 14.4. The lowest BCUT2D eigenvalue weighted by atomic mass is 9.95. The van der Waals surface area contributed by atoms with Gasteiger partial charge >= 0.3 is 0 Å². The number of aryl methyl sites for hydroxylation is 1. The van der Waals surface area contributed by atoms with Crippen molar-refractivity contribution in [2.75, 3.05) is 0 Å². The minimum absolute atomic E-state index is 0.180. The van der Waals surface area contributed by atoms with Gasteiger partial charge in [-0.15, -0.1) is 0 Å². The monoisotopic (exact) mass is 268 g/mol. The third-order valence-electron chi connectivity index (χ3n) is 3.90. The molecule has 2 aromatic rings. The number of rotatable bonds is 7. The van der Waals surface area contributed by atoms with Crippen LogP contribution >= 0.6 is 0 Å². The predicted molar refractivity (Wildman–Crippen MR) is 86.4 cm³/mol. The summed E-state index contributed by atoms with van der Waals surface area (Å²) in [6, 6.07) is 12.5. The van der Waals surface area contributed by atoms with Crippen molar-refractivity contribution in [2.24, 2.45) is 0 Å². The molecule has 0 radical (unpaired) electrons. The molecule has 2 rings (SSSR count). The van der Waals surface area contributed by atoms with Gasteiger partial charge in [-0.05, 0) is 42.2 Å². The highest BCUT2D eigenvalue weighted by atomic mass is 16.1. The molecular weight excluding hydrogens is 244 g/mol. The number of fused-ring (bicyclic) bond motifs is 1. The van der Waals surface area contributed by atoms with Crippen LogP contribution in [0, 0.1) is 0 Å². The first-order chi connectivity index (χ1) is 9.72. The summed E-state index contributed by atoms with van der Waals surface area (Å²) in [7, 11) is 0. The van der Waals surface area contributed by atoms with Crippen LogP contribution in [0.4, 0.5) is 0 Å². The summed E-state index contributed by atoms with van der Waals surface area (Å²) in [6.45, 7) is 3.90. The molecular formula is C19H24O. The number of hydrogen-bond acceptors (Lipinski definition) is 1. The number of Topliss-reactive ketones (excluding diaryl/α,β-unsaturated/α-hetero) is 1. The average molecular weight is 268 g/mol. The molecule has 0 fully saturated rings. The molecule has 0 spiro atoms. The number of benzene rings is 2. The molecule has 0 heterocycles. The molecule has 0 amide bonds. The van der Waals surface area contributed by atoms with Gasteiger partial charge in [-0.2, -0.15) is 0 Å². The summed E-state index contributed by atoms with van der Waals surface area (Å²) >= 11 is 0. The molecule has 0 unspecified atom stereocenters. The molecule has 1 heteroatoms. The molecule has 0 N–H and O–H groups in total. The standard InChI is InChI=1S/C19H24O/c1-3-4-5-6-7-12-18-13-16-10-8-9-11-17(16)14-19(18)15(2)20/h8-11,13-14H,3-7,12H2,1-2H3. The molecule has 0 saturated carbocycles. The summed E-state index contributed by atoms with van der Waals surface area (Å²) in [5.74, 6) is 0.180. The Labute approximate surface area is 122 Å². The summed E-state index contributed by atoms with van der Waals surface area (Å²) in [5.41, 5.74) is 2.12. The van der Waals surface area contributed by atoms with Crippen LogP contribution < -0.4 is 0 Å². The summed E-state index contributed by atoms with van der Waals surface area (Å²) in [6.07, 6.45) is 7.35. The van der Waals surface area contributed by atoms with Crippen molar-refractivity contribution < 1.29 is 4.79 Å². The van der Waals surface area contributed by atoms with Crippen molar-refractivity contribution in [1.82, 2.24) is 0 Å². The van der Waals surface area contributed by atoms with Crippen molar-refractivity contribution in [1.29, 1.82) is 0 Å². The third-order valence-corrected chi connectivity index (χ3v) is 3.90. The summed E-state index contributed by atoms with van der Waals surface area (Å²) in [5, 5.41) is 2.40. The van der Waals surface area contributed by atoms with Gasteiger partial charge in [0.25, 0.3) is 0 Å². The predicted octanol–water partition coefficient (Wildman–Crippen LogP) is 5.56. The van der Waals surface area contributed by atoms with Crippen LogP contribution in [0.15, 0.2) is 36.4 Å². The van der Waals surface area contributed by atoms with Crippen molar-refractivity contribution >= 4 is 16.6 Å². The van der Waals surface area contributed by atoms with E-state index in [1.54, 1.807) is 6.92 Å². The number of unbranched alkanes of at least 4 members (excludes halogenated alkanes) is 4. The van der Waals surface area contributed by atoms with E-state index < -0.39 is 0 Å². The van der Waals surface area contributed by atoms with Crippen molar-refractivity contribution in [3.8, 4) is 0 Å². The van der Waals surface area contributed by atoms with Crippen LogP contribution in [0.1, 0.15) is 61.9 Å². The van der Waals surface area contributed by atoms with Crippen molar-refractivity contribution in [3.05, 3.63) is 47.5 Å². The molecule has 1 nitrogen and oxygen atoms in total. The fourth-order valence-corrected chi connectivity index (χ4v) is 2.74. The van der Waals surface area contributed by atoms with Crippen LogP contribution in [0.2, 0.25) is 0 Å². The quantitative estimate of drug-likeness (QED) is 0.475. The molecule has 0 aliphatic rings. The maximum Gasteiger partial charge on any atom is 0.160 e. The highest BCUT2D eigenvalue weighted by Gasteiger charge is 2.08. The Morgan fingerprint density at radius 2 is 1.60 bits per heavy atom. The Morgan fingerprint density at radius 3 is 2.25 bits per heavy atom. The Hall–Kier alpha value is -1.63. The number of carbonyl (C=O) groups excluding carboxylic acids is 1. The molecule has 0 atom stereocenters. The van der Waals surface area contributed by atoms with Gasteiger partial charge in [0.05, 0.1) is 0 Å². The van der Waals surface area contributed by atoms with E-state index in [2.05, 4.69) is 37.3 Å². The van der Waals surface area contributed by atoms with E-state index in [0.717, 1.165) is 17.4 Å². The number of hydrogen-bond donors (Lipinski definition) is 0. The van der Waals surface area contributed by atoms with Crippen LogP contribution in [0.5, 0.6) is 0 Å². The second-order valence-electron chi connectivity index (χ2n) is 5.58. The van der Waals surface area contributed by atoms with E-state index in [4.69, 9.17) is 0 Å². The van der Waals surface area contributed by atoms with Gasteiger partial charge in [-0.25, -0.2) is 0 Å². The molecule has 2 aromatic carbocycles. The van der Waals surface area contributed by atoms with Crippen LogP contribution in [-0.4, -0.2) is 5.78 Å². The molecule has 0 aliphatic carbocycles. The Bertz CT molecular complexity index is 583. The van der Waals surface area contributed by atoms with Crippen LogP contribution in [0.3, 0.4) is 0 Å². The van der Waals surface area contributed by atoms with Crippen molar-refractivity contribution in [2.45, 2.75) is 52.4 Å². The fraction of sp³-hybridized carbons (Fsp3) is 0.421. The topological polar surface area (TPSA) is 17.1 Å². The maximum absolute atomic E-state index is 11.8. The van der Waals surface area contributed by atoms with Gasteiger partial charge in [0, 0.05) is 5.56 Å². The second kappa shape index (κ2) is 7.23. The minimum Gasteiger partial charge on any atom is -0.295 e. The largest absolute Gasteiger partial charge is 0.295 e. The summed E-state index contributed by atoms with van der Waals surface area (Å²) in [4.78, 5) is 11.8. The normalized spacial score (nSPS) is 10.9. The lowest BCUT2D eigenvalue weighted by molar-refractivity contribution is 0.101.